The van der Waals surface area contributed by atoms with Crippen LogP contribution in [0.2, 0.25) is 0 Å². The summed E-state index contributed by atoms with van der Waals surface area (Å²) in [5, 5.41) is 0. The quantitative estimate of drug-likeness (QED) is 0.582. The van der Waals surface area contributed by atoms with Gasteiger partial charge in [0, 0.05) is 23.0 Å². The molecule has 0 bridgehead atoms. The van der Waals surface area contributed by atoms with Crippen LogP contribution in [0.25, 0.3) is 0 Å². The summed E-state index contributed by atoms with van der Waals surface area (Å²) in [5.74, 6) is 8.24. The smallest absolute Gasteiger partial charge is 0.00238 e. The first-order chi connectivity index (χ1) is 5.00. The molecule has 0 amide bonds. The van der Waals surface area contributed by atoms with Crippen molar-refractivity contribution in [3.05, 3.63) is 0 Å². The van der Waals surface area contributed by atoms with Crippen LogP contribution in [0.3, 0.4) is 0 Å². The van der Waals surface area contributed by atoms with E-state index in [2.05, 4.69) is 35.3 Å². The fourth-order valence-electron chi connectivity index (χ4n) is 0.805. The highest BCUT2D eigenvalue weighted by atomic mass is 32.2. The second-order valence-electron chi connectivity index (χ2n) is 2.19. The average Bonchev–Trinajstić information content (AvgIpc) is 2.01. The molecule has 0 spiro atoms. The van der Waals surface area contributed by atoms with Gasteiger partial charge in [-0.3, -0.25) is 0 Å². The van der Waals surface area contributed by atoms with E-state index in [1.54, 1.807) is 0 Å². The first-order valence-corrected chi connectivity index (χ1v) is 7.20. The number of thioether (sulfide) groups is 3. The van der Waals surface area contributed by atoms with E-state index in [0.29, 0.717) is 0 Å². The molecule has 0 atom stereocenters. The molecule has 0 radical (unpaired) electrons. The second kappa shape index (κ2) is 6.74. The summed E-state index contributed by atoms with van der Waals surface area (Å²) in [7, 11) is 0. The topological polar surface area (TPSA) is 0 Å². The van der Waals surface area contributed by atoms with E-state index in [9.17, 15) is 0 Å². The molecule has 1 aliphatic rings. The molecule has 0 N–H and O–H groups in total. The molecule has 1 saturated heterocycles. The van der Waals surface area contributed by atoms with Crippen LogP contribution in [0.4, 0.5) is 0 Å². The van der Waals surface area contributed by atoms with Crippen LogP contribution in [0.1, 0.15) is 6.42 Å². The summed E-state index contributed by atoms with van der Waals surface area (Å²) in [6.45, 7) is 0. The Morgan fingerprint density at radius 3 is 1.40 bits per heavy atom. The maximum absolute atomic E-state index is 2.12. The van der Waals surface area contributed by atoms with Gasteiger partial charge >= 0.3 is 0 Å². The molecule has 3 heteroatoms. The van der Waals surface area contributed by atoms with Crippen molar-refractivity contribution in [1.29, 1.82) is 0 Å². The van der Waals surface area contributed by atoms with Crippen molar-refractivity contribution in [2.45, 2.75) is 6.42 Å². The molecule has 0 nitrogen and oxygen atoms in total. The minimum atomic E-state index is 1.37. The van der Waals surface area contributed by atoms with Gasteiger partial charge in [0.25, 0.3) is 0 Å². The minimum Gasteiger partial charge on any atom is -0.161 e. The molecule has 0 aromatic rings. The summed E-state index contributed by atoms with van der Waals surface area (Å²) in [6.07, 6.45) is 1.42. The lowest BCUT2D eigenvalue weighted by Gasteiger charge is -2.05. The fraction of sp³-hybridized carbons (Fsp3) is 1.00. The van der Waals surface area contributed by atoms with Crippen molar-refractivity contribution < 1.29 is 0 Å². The third-order valence-corrected chi connectivity index (χ3v) is 4.96. The molecule has 1 rings (SSSR count). The van der Waals surface area contributed by atoms with Crippen molar-refractivity contribution in [3.63, 3.8) is 0 Å². The van der Waals surface area contributed by atoms with Crippen molar-refractivity contribution in [1.82, 2.24) is 0 Å². The molecule has 0 unspecified atom stereocenters. The van der Waals surface area contributed by atoms with E-state index < -0.39 is 0 Å². The number of hydrogen-bond donors (Lipinski definition) is 0. The maximum Gasteiger partial charge on any atom is 0.00238 e. The van der Waals surface area contributed by atoms with E-state index in [4.69, 9.17) is 0 Å². The maximum atomic E-state index is 2.12. The highest BCUT2D eigenvalue weighted by Crippen LogP contribution is 2.15. The SMILES string of the molecule is C1CSCCSCCSC1. The highest BCUT2D eigenvalue weighted by Gasteiger charge is 1.96. The molecular formula is C7H14S3. The van der Waals surface area contributed by atoms with Gasteiger partial charge in [-0.15, -0.1) is 0 Å². The lowest BCUT2D eigenvalue weighted by molar-refractivity contribution is 1.12. The lowest BCUT2D eigenvalue weighted by Crippen LogP contribution is -1.96. The Bertz CT molecular complexity index is 42.0. The lowest BCUT2D eigenvalue weighted by atomic mass is 10.6. The summed E-state index contributed by atoms with van der Waals surface area (Å²) in [6, 6.07) is 0. The molecule has 0 aromatic heterocycles. The fourth-order valence-corrected chi connectivity index (χ4v) is 4.18. The molecular weight excluding hydrogens is 180 g/mol. The van der Waals surface area contributed by atoms with Crippen molar-refractivity contribution in [3.8, 4) is 0 Å². The van der Waals surface area contributed by atoms with Crippen LogP contribution in [0.15, 0.2) is 0 Å². The van der Waals surface area contributed by atoms with Gasteiger partial charge in [0.1, 0.15) is 0 Å². The first kappa shape index (κ1) is 9.14. The zero-order valence-corrected chi connectivity index (χ0v) is 8.62. The number of rotatable bonds is 0. The van der Waals surface area contributed by atoms with Gasteiger partial charge < -0.3 is 0 Å². The third-order valence-electron chi connectivity index (χ3n) is 1.32. The Kier molecular flexibility index (Phi) is 6.16. The average molecular weight is 194 g/mol. The van der Waals surface area contributed by atoms with E-state index in [1.807, 2.05) is 0 Å². The van der Waals surface area contributed by atoms with E-state index in [0.717, 1.165) is 0 Å². The zero-order chi connectivity index (χ0) is 7.07. The summed E-state index contributed by atoms with van der Waals surface area (Å²) in [4.78, 5) is 0. The normalized spacial score (nSPS) is 24.0. The minimum absolute atomic E-state index is 1.37. The van der Waals surface area contributed by atoms with E-state index >= 15 is 0 Å². The van der Waals surface area contributed by atoms with Crippen molar-refractivity contribution >= 4 is 35.3 Å². The molecule has 1 aliphatic heterocycles. The Morgan fingerprint density at radius 2 is 0.900 bits per heavy atom. The highest BCUT2D eigenvalue weighted by molar-refractivity contribution is 8.04. The predicted molar refractivity (Wildman–Crippen MR) is 56.6 cm³/mol. The van der Waals surface area contributed by atoms with Gasteiger partial charge in [0.05, 0.1) is 0 Å². The van der Waals surface area contributed by atoms with Crippen LogP contribution in [0, 0.1) is 0 Å². The molecule has 0 saturated carbocycles. The first-order valence-electron chi connectivity index (χ1n) is 3.73. The molecule has 0 aliphatic carbocycles. The third kappa shape index (κ3) is 4.80. The van der Waals surface area contributed by atoms with Crippen LogP contribution in [-0.4, -0.2) is 34.5 Å². The van der Waals surface area contributed by atoms with Crippen LogP contribution in [-0.2, 0) is 0 Å². The number of hydrogen-bond acceptors (Lipinski definition) is 3. The second-order valence-corrected chi connectivity index (χ2v) is 5.86. The largest absolute Gasteiger partial charge is 0.161 e. The molecule has 10 heavy (non-hydrogen) atoms. The van der Waals surface area contributed by atoms with Crippen LogP contribution >= 0.6 is 35.3 Å². The van der Waals surface area contributed by atoms with Crippen molar-refractivity contribution in [2.24, 2.45) is 0 Å². The zero-order valence-electron chi connectivity index (χ0n) is 6.17. The van der Waals surface area contributed by atoms with Gasteiger partial charge in [-0.2, -0.15) is 35.3 Å². The Labute approximate surface area is 76.3 Å². The molecule has 1 heterocycles. The van der Waals surface area contributed by atoms with Gasteiger partial charge in [0.2, 0.25) is 0 Å². The van der Waals surface area contributed by atoms with Gasteiger partial charge in [-0.25, -0.2) is 0 Å². The summed E-state index contributed by atoms with van der Waals surface area (Å²) < 4.78 is 0. The van der Waals surface area contributed by atoms with Crippen molar-refractivity contribution in [2.75, 3.05) is 34.5 Å². The molecule has 60 valence electrons. The van der Waals surface area contributed by atoms with Gasteiger partial charge in [-0.1, -0.05) is 0 Å². The molecule has 1 fully saturated rings. The van der Waals surface area contributed by atoms with E-state index in [-0.39, 0.29) is 0 Å². The summed E-state index contributed by atoms with van der Waals surface area (Å²) >= 11 is 6.34. The standard InChI is InChI=1S/C7H14S3/c1-2-8-4-6-10-7-5-9-3-1/h1-7H2. The Hall–Kier alpha value is 1.05. The van der Waals surface area contributed by atoms with Gasteiger partial charge in [-0.05, 0) is 17.9 Å². The molecule has 0 aromatic carbocycles. The van der Waals surface area contributed by atoms with Crippen LogP contribution < -0.4 is 0 Å². The monoisotopic (exact) mass is 194 g/mol. The predicted octanol–water partition coefficient (Wildman–Crippen LogP) is 2.59. The van der Waals surface area contributed by atoms with Gasteiger partial charge in [0.15, 0.2) is 0 Å². The van der Waals surface area contributed by atoms with Crippen LogP contribution in [0.5, 0.6) is 0 Å². The Morgan fingerprint density at radius 1 is 0.500 bits per heavy atom. The Balaban J connectivity index is 2.00. The summed E-state index contributed by atoms with van der Waals surface area (Å²) in [5.41, 5.74) is 0. The van der Waals surface area contributed by atoms with E-state index in [1.165, 1.54) is 40.9 Å².